The van der Waals surface area contributed by atoms with Gasteiger partial charge in [0, 0.05) is 32.7 Å². The second-order valence-electron chi connectivity index (χ2n) is 4.37. The molecule has 0 aromatic carbocycles. The Bertz CT molecular complexity index is 104. The smallest absolute Gasteiger partial charge is 0 e. The van der Waals surface area contributed by atoms with Crippen molar-refractivity contribution in [3.05, 3.63) is 11.8 Å². The van der Waals surface area contributed by atoms with Crippen LogP contribution in [0.5, 0.6) is 0 Å². The summed E-state index contributed by atoms with van der Waals surface area (Å²) in [4.78, 5) is 0. The van der Waals surface area contributed by atoms with Crippen LogP contribution in [-0.4, -0.2) is 0 Å². The minimum Gasteiger partial charge on any atom is -0.320 e. The molecule has 0 aliphatic heterocycles. The van der Waals surface area contributed by atoms with E-state index in [9.17, 15) is 0 Å². The van der Waals surface area contributed by atoms with E-state index in [4.69, 9.17) is 0 Å². The molecule has 0 nitrogen and oxygen atoms in total. The van der Waals surface area contributed by atoms with Gasteiger partial charge >= 0.3 is 0 Å². The Balaban J connectivity index is 0.00000144. The summed E-state index contributed by atoms with van der Waals surface area (Å²) in [5.74, 6) is 3.44. The summed E-state index contributed by atoms with van der Waals surface area (Å²) >= 11 is 0. The van der Waals surface area contributed by atoms with Crippen molar-refractivity contribution in [3.8, 4) is 0 Å². The zero-order chi connectivity index (χ0) is 8.81. The molecule has 1 aliphatic rings. The van der Waals surface area contributed by atoms with Gasteiger partial charge in [-0.05, 0) is 0 Å². The van der Waals surface area contributed by atoms with Gasteiger partial charge < -0.3 is 11.8 Å². The third-order valence-electron chi connectivity index (χ3n) is 2.77. The van der Waals surface area contributed by atoms with Gasteiger partial charge in [-0.1, -0.05) is 19.3 Å². The van der Waals surface area contributed by atoms with Crippen LogP contribution in [0.3, 0.4) is 0 Å². The van der Waals surface area contributed by atoms with Gasteiger partial charge in [0.05, 0.1) is 0 Å². The van der Waals surface area contributed by atoms with Crippen molar-refractivity contribution in [3.63, 3.8) is 0 Å². The minimum absolute atomic E-state index is 0. The molecule has 0 unspecified atom stereocenters. The standard InChI is InChI=1S/C12H22.Y/c1-11(2)7-6-10-12-8-4-3-5-9-12;/h3-10H2,1-2H3;/q-2;. The van der Waals surface area contributed by atoms with Gasteiger partial charge in [0.25, 0.3) is 0 Å². The summed E-state index contributed by atoms with van der Waals surface area (Å²) in [5, 5.41) is 0. The quantitative estimate of drug-likeness (QED) is 0.657. The van der Waals surface area contributed by atoms with E-state index in [1.807, 2.05) is 5.92 Å². The van der Waals surface area contributed by atoms with Crippen molar-refractivity contribution >= 4 is 0 Å². The number of hydrogen-bond donors (Lipinski definition) is 0. The van der Waals surface area contributed by atoms with Gasteiger partial charge in [-0.15, -0.1) is 6.42 Å². The SMILES string of the molecule is C[C-](C)CCC[C-]1CCCCC1.[Y]. The Labute approximate surface area is 109 Å². The van der Waals surface area contributed by atoms with Crippen molar-refractivity contribution in [2.45, 2.75) is 65.2 Å². The predicted octanol–water partition coefficient (Wildman–Crippen LogP) is 4.31. The molecule has 0 bridgehead atoms. The molecular formula is C12H22Y-2. The van der Waals surface area contributed by atoms with Crippen LogP contribution in [0.2, 0.25) is 0 Å². The Kier molecular flexibility index (Phi) is 9.13. The van der Waals surface area contributed by atoms with Gasteiger partial charge in [-0.25, -0.2) is 0 Å². The molecule has 1 aliphatic carbocycles. The zero-order valence-corrected chi connectivity index (χ0v) is 12.1. The van der Waals surface area contributed by atoms with Crippen LogP contribution in [0.15, 0.2) is 0 Å². The van der Waals surface area contributed by atoms with Crippen LogP contribution in [0, 0.1) is 11.8 Å². The van der Waals surface area contributed by atoms with Crippen LogP contribution >= 0.6 is 0 Å². The molecule has 0 aromatic heterocycles. The first-order valence-electron chi connectivity index (χ1n) is 5.41. The Morgan fingerprint density at radius 3 is 2.23 bits per heavy atom. The van der Waals surface area contributed by atoms with Gasteiger partial charge in [-0.3, -0.25) is 0 Å². The zero-order valence-electron chi connectivity index (χ0n) is 9.23. The van der Waals surface area contributed by atoms with E-state index in [-0.39, 0.29) is 32.7 Å². The van der Waals surface area contributed by atoms with Crippen molar-refractivity contribution in [2.24, 2.45) is 0 Å². The third kappa shape index (κ3) is 7.08. The maximum atomic E-state index is 2.24. The molecule has 1 fully saturated rings. The van der Waals surface area contributed by atoms with E-state index >= 15 is 0 Å². The fourth-order valence-corrected chi connectivity index (χ4v) is 1.99. The molecule has 13 heavy (non-hydrogen) atoms. The molecule has 0 saturated heterocycles. The molecule has 0 atom stereocenters. The van der Waals surface area contributed by atoms with E-state index in [0.29, 0.717) is 0 Å². The summed E-state index contributed by atoms with van der Waals surface area (Å²) in [6.45, 7) is 4.48. The van der Waals surface area contributed by atoms with E-state index in [2.05, 4.69) is 13.8 Å². The summed E-state index contributed by atoms with van der Waals surface area (Å²) in [5.41, 5.74) is 0. The summed E-state index contributed by atoms with van der Waals surface area (Å²) in [6.07, 6.45) is 11.4. The topological polar surface area (TPSA) is 0 Å². The van der Waals surface area contributed by atoms with E-state index < -0.39 is 0 Å². The normalized spacial score (nSPS) is 18.7. The molecular weight excluding hydrogens is 233 g/mol. The number of rotatable bonds is 4. The summed E-state index contributed by atoms with van der Waals surface area (Å²) in [6, 6.07) is 0. The predicted molar refractivity (Wildman–Crippen MR) is 54.8 cm³/mol. The van der Waals surface area contributed by atoms with E-state index in [1.165, 1.54) is 51.4 Å². The van der Waals surface area contributed by atoms with Crippen molar-refractivity contribution in [2.75, 3.05) is 0 Å². The van der Waals surface area contributed by atoms with Crippen LogP contribution in [0.4, 0.5) is 0 Å². The molecule has 1 heteroatoms. The van der Waals surface area contributed by atoms with Gasteiger partial charge in [0.15, 0.2) is 0 Å². The molecule has 0 spiro atoms. The van der Waals surface area contributed by atoms with Gasteiger partial charge in [0.2, 0.25) is 0 Å². The van der Waals surface area contributed by atoms with Crippen LogP contribution in [-0.2, 0) is 32.7 Å². The fourth-order valence-electron chi connectivity index (χ4n) is 1.99. The Hall–Kier alpha value is 1.10. The molecule has 1 saturated carbocycles. The summed E-state index contributed by atoms with van der Waals surface area (Å²) in [7, 11) is 0. The molecule has 0 N–H and O–H groups in total. The Morgan fingerprint density at radius 2 is 1.69 bits per heavy atom. The van der Waals surface area contributed by atoms with E-state index in [0.717, 1.165) is 0 Å². The molecule has 1 radical (unpaired) electrons. The fraction of sp³-hybridized carbons (Fsp3) is 0.833. The van der Waals surface area contributed by atoms with Crippen molar-refractivity contribution in [1.82, 2.24) is 0 Å². The monoisotopic (exact) mass is 255 g/mol. The second kappa shape index (κ2) is 8.42. The molecule has 0 amide bonds. The third-order valence-corrected chi connectivity index (χ3v) is 2.77. The first-order chi connectivity index (χ1) is 5.79. The largest absolute Gasteiger partial charge is 0.320 e. The van der Waals surface area contributed by atoms with Crippen molar-refractivity contribution in [1.29, 1.82) is 0 Å². The average molecular weight is 255 g/mol. The van der Waals surface area contributed by atoms with Gasteiger partial charge in [-0.2, -0.15) is 39.5 Å². The first-order valence-corrected chi connectivity index (χ1v) is 5.41. The van der Waals surface area contributed by atoms with Crippen LogP contribution in [0.1, 0.15) is 65.2 Å². The van der Waals surface area contributed by atoms with E-state index in [1.54, 1.807) is 5.92 Å². The van der Waals surface area contributed by atoms with Crippen LogP contribution < -0.4 is 0 Å². The minimum atomic E-state index is 0. The summed E-state index contributed by atoms with van der Waals surface area (Å²) < 4.78 is 0. The maximum absolute atomic E-state index is 2.24. The van der Waals surface area contributed by atoms with Gasteiger partial charge in [0.1, 0.15) is 0 Å². The molecule has 75 valence electrons. The average Bonchev–Trinajstić information content (AvgIpc) is 2.05. The number of hydrogen-bond acceptors (Lipinski definition) is 0. The van der Waals surface area contributed by atoms with Crippen LogP contribution in [0.25, 0.3) is 0 Å². The molecule has 0 heterocycles. The molecule has 1 rings (SSSR count). The second-order valence-corrected chi connectivity index (χ2v) is 4.37. The Morgan fingerprint density at radius 1 is 1.08 bits per heavy atom. The van der Waals surface area contributed by atoms with Crippen molar-refractivity contribution < 1.29 is 32.7 Å². The molecule has 0 aromatic rings. The maximum Gasteiger partial charge on any atom is 0 e. The first kappa shape index (κ1) is 14.1.